The molecule has 0 amide bonds. The van der Waals surface area contributed by atoms with Crippen LogP contribution in [0.2, 0.25) is 0 Å². The van der Waals surface area contributed by atoms with Crippen molar-refractivity contribution in [3.63, 3.8) is 0 Å². The predicted molar refractivity (Wildman–Crippen MR) is 55.7 cm³/mol. The Bertz CT molecular complexity index is 287. The van der Waals surface area contributed by atoms with Gasteiger partial charge >= 0.3 is 0 Å². The molecule has 0 aromatic heterocycles. The van der Waals surface area contributed by atoms with E-state index in [9.17, 15) is 5.11 Å². The fraction of sp³-hybridized carbons (Fsp3) is 0.400. The van der Waals surface area contributed by atoms with Crippen LogP contribution in [0.3, 0.4) is 0 Å². The number of benzene rings is 1. The Morgan fingerprint density at radius 3 is 2.15 bits per heavy atom. The molecule has 1 rings (SSSR count). The fourth-order valence-corrected chi connectivity index (χ4v) is 1.51. The summed E-state index contributed by atoms with van der Waals surface area (Å²) in [5.74, 6) is 0. The van der Waals surface area contributed by atoms with Gasteiger partial charge in [-0.25, -0.2) is 0 Å². The molecule has 0 aliphatic heterocycles. The first-order valence-corrected chi connectivity index (χ1v) is 4.91. The van der Waals surface area contributed by atoms with Gasteiger partial charge in [0.15, 0.2) is 0 Å². The minimum absolute atomic E-state index is 0.236. The molecule has 0 aliphatic carbocycles. The van der Waals surface area contributed by atoms with Crippen LogP contribution in [0.25, 0.3) is 0 Å². The maximum Gasteiger partial charge on any atom is 0.102 e. The second-order valence-corrected chi connectivity index (χ2v) is 3.96. The molecule has 72 valence electrons. The van der Waals surface area contributed by atoms with Gasteiger partial charge in [0.2, 0.25) is 0 Å². The third kappa shape index (κ3) is 2.30. The van der Waals surface area contributed by atoms with E-state index in [1.165, 1.54) is 0 Å². The fourth-order valence-electron chi connectivity index (χ4n) is 1.28. The van der Waals surface area contributed by atoms with Crippen molar-refractivity contribution < 1.29 is 10.2 Å². The van der Waals surface area contributed by atoms with E-state index in [-0.39, 0.29) is 6.61 Å². The van der Waals surface area contributed by atoms with E-state index in [2.05, 4.69) is 15.9 Å². The number of halogens is 1. The molecule has 13 heavy (non-hydrogen) atoms. The third-order valence-electron chi connectivity index (χ3n) is 2.02. The molecule has 0 spiro atoms. The van der Waals surface area contributed by atoms with Gasteiger partial charge in [0, 0.05) is 4.47 Å². The molecule has 0 saturated heterocycles. The zero-order valence-corrected chi connectivity index (χ0v) is 9.30. The van der Waals surface area contributed by atoms with Crippen LogP contribution in [-0.4, -0.2) is 16.8 Å². The number of aliphatic hydroxyl groups is 2. The first-order valence-electron chi connectivity index (χ1n) is 4.12. The summed E-state index contributed by atoms with van der Waals surface area (Å²) < 4.78 is 1.06. The molecule has 0 aliphatic rings. The highest BCUT2D eigenvalue weighted by Gasteiger charge is 2.08. The topological polar surface area (TPSA) is 40.5 Å². The average Bonchev–Trinajstić information content (AvgIpc) is 2.12. The maximum atomic E-state index is 9.40. The van der Waals surface area contributed by atoms with Crippen molar-refractivity contribution in [2.24, 2.45) is 0 Å². The lowest BCUT2D eigenvalue weighted by Gasteiger charge is -2.11. The van der Waals surface area contributed by atoms with Crippen LogP contribution < -0.4 is 0 Å². The van der Waals surface area contributed by atoms with Crippen molar-refractivity contribution in [2.45, 2.75) is 20.0 Å². The maximum absolute atomic E-state index is 9.40. The van der Waals surface area contributed by atoms with Crippen LogP contribution >= 0.6 is 15.9 Å². The average molecular weight is 245 g/mol. The van der Waals surface area contributed by atoms with E-state index in [1.54, 1.807) is 0 Å². The largest absolute Gasteiger partial charge is 0.393 e. The lowest BCUT2D eigenvalue weighted by atomic mass is 10.0. The van der Waals surface area contributed by atoms with E-state index < -0.39 is 6.10 Å². The molecule has 1 atom stereocenters. The van der Waals surface area contributed by atoms with E-state index in [1.807, 2.05) is 26.0 Å². The van der Waals surface area contributed by atoms with E-state index in [0.717, 1.165) is 21.2 Å². The van der Waals surface area contributed by atoms with Gasteiger partial charge in [-0.2, -0.15) is 0 Å². The molecule has 0 bridgehead atoms. The Balaban J connectivity index is 3.13. The summed E-state index contributed by atoms with van der Waals surface area (Å²) in [4.78, 5) is 0. The summed E-state index contributed by atoms with van der Waals surface area (Å²) in [5.41, 5.74) is 2.91. The zero-order valence-electron chi connectivity index (χ0n) is 7.71. The molecule has 1 aromatic rings. The first-order chi connectivity index (χ1) is 6.06. The quantitative estimate of drug-likeness (QED) is 0.837. The van der Waals surface area contributed by atoms with Gasteiger partial charge in [-0.1, -0.05) is 28.1 Å². The van der Waals surface area contributed by atoms with Crippen molar-refractivity contribution in [1.82, 2.24) is 0 Å². The summed E-state index contributed by atoms with van der Waals surface area (Å²) in [6, 6.07) is 3.75. The second kappa shape index (κ2) is 4.22. The van der Waals surface area contributed by atoms with Gasteiger partial charge in [0.1, 0.15) is 6.10 Å². The minimum atomic E-state index is -0.773. The number of hydrogen-bond donors (Lipinski definition) is 2. The third-order valence-corrected chi connectivity index (χ3v) is 3.27. The normalized spacial score (nSPS) is 13.0. The molecular weight excluding hydrogens is 232 g/mol. The smallest absolute Gasteiger partial charge is 0.102 e. The van der Waals surface area contributed by atoms with Gasteiger partial charge < -0.3 is 10.2 Å². The van der Waals surface area contributed by atoms with Crippen LogP contribution in [0.5, 0.6) is 0 Å². The molecule has 2 N–H and O–H groups in total. The summed E-state index contributed by atoms with van der Waals surface area (Å²) in [6.45, 7) is 3.69. The van der Waals surface area contributed by atoms with E-state index in [0.29, 0.717) is 0 Å². The second-order valence-electron chi connectivity index (χ2n) is 3.17. The SMILES string of the molecule is Cc1cc([C@H](O)CO)cc(C)c1Br. The lowest BCUT2D eigenvalue weighted by Crippen LogP contribution is -2.03. The van der Waals surface area contributed by atoms with Crippen molar-refractivity contribution in [3.8, 4) is 0 Å². The van der Waals surface area contributed by atoms with Crippen molar-refractivity contribution in [2.75, 3.05) is 6.61 Å². The highest BCUT2D eigenvalue weighted by atomic mass is 79.9. The van der Waals surface area contributed by atoms with Crippen LogP contribution in [0.15, 0.2) is 16.6 Å². The van der Waals surface area contributed by atoms with Gasteiger partial charge in [-0.15, -0.1) is 0 Å². The van der Waals surface area contributed by atoms with Crippen LogP contribution in [-0.2, 0) is 0 Å². The molecule has 3 heteroatoms. The highest BCUT2D eigenvalue weighted by Crippen LogP contribution is 2.25. The Kier molecular flexibility index (Phi) is 3.47. The Hall–Kier alpha value is -0.380. The van der Waals surface area contributed by atoms with Gasteiger partial charge in [-0.05, 0) is 30.5 Å². The summed E-state index contributed by atoms with van der Waals surface area (Å²) in [5, 5.41) is 18.2. The van der Waals surface area contributed by atoms with Crippen molar-refractivity contribution in [1.29, 1.82) is 0 Å². The number of aryl methyl sites for hydroxylation is 2. The standard InChI is InChI=1S/C10H13BrO2/c1-6-3-8(9(13)5-12)4-7(2)10(6)11/h3-4,9,12-13H,5H2,1-2H3/t9-/m1/s1. The lowest BCUT2D eigenvalue weighted by molar-refractivity contribution is 0.0955. The van der Waals surface area contributed by atoms with E-state index >= 15 is 0 Å². The monoisotopic (exact) mass is 244 g/mol. The summed E-state index contributed by atoms with van der Waals surface area (Å²) >= 11 is 3.44. The Labute approximate surface area is 86.3 Å². The number of aliphatic hydroxyl groups excluding tert-OH is 2. The number of hydrogen-bond acceptors (Lipinski definition) is 2. The van der Waals surface area contributed by atoms with Crippen molar-refractivity contribution >= 4 is 15.9 Å². The molecule has 0 unspecified atom stereocenters. The van der Waals surface area contributed by atoms with Crippen molar-refractivity contribution in [3.05, 3.63) is 33.3 Å². The molecule has 2 nitrogen and oxygen atoms in total. The summed E-state index contributed by atoms with van der Waals surface area (Å²) in [7, 11) is 0. The van der Waals surface area contributed by atoms with Crippen LogP contribution in [0.4, 0.5) is 0 Å². The predicted octanol–water partition coefficient (Wildman–Crippen LogP) is 2.09. The van der Waals surface area contributed by atoms with Crippen LogP contribution in [0.1, 0.15) is 22.8 Å². The zero-order chi connectivity index (χ0) is 10.0. The minimum Gasteiger partial charge on any atom is -0.393 e. The summed E-state index contributed by atoms with van der Waals surface area (Å²) in [6.07, 6.45) is -0.773. The first kappa shape index (κ1) is 10.7. The molecular formula is C10H13BrO2. The Morgan fingerprint density at radius 1 is 1.31 bits per heavy atom. The molecule has 0 heterocycles. The Morgan fingerprint density at radius 2 is 1.77 bits per heavy atom. The van der Waals surface area contributed by atoms with E-state index in [4.69, 9.17) is 5.11 Å². The van der Waals surface area contributed by atoms with Gasteiger partial charge in [-0.3, -0.25) is 0 Å². The van der Waals surface area contributed by atoms with Gasteiger partial charge in [0.25, 0.3) is 0 Å². The molecule has 0 fully saturated rings. The van der Waals surface area contributed by atoms with Crippen LogP contribution in [0, 0.1) is 13.8 Å². The molecule has 1 aromatic carbocycles. The van der Waals surface area contributed by atoms with Gasteiger partial charge in [0.05, 0.1) is 6.61 Å². The molecule has 0 saturated carbocycles. The molecule has 0 radical (unpaired) electrons. The number of rotatable bonds is 2. The highest BCUT2D eigenvalue weighted by molar-refractivity contribution is 9.10.